The number of aromatic amines is 1. The van der Waals surface area contributed by atoms with Crippen LogP contribution >= 0.6 is 0 Å². The first-order valence-corrected chi connectivity index (χ1v) is 6.22. The van der Waals surface area contributed by atoms with Gasteiger partial charge in [-0.2, -0.15) is 0 Å². The Morgan fingerprint density at radius 2 is 2.30 bits per heavy atom. The normalized spacial score (nSPS) is 12.6. The summed E-state index contributed by atoms with van der Waals surface area (Å²) in [5.74, 6) is -0.797. The lowest BCUT2D eigenvalue weighted by Crippen LogP contribution is -2.36. The molecular formula is C14H17FN2O3. The Balaban J connectivity index is 2.23. The number of aromatic nitrogens is 1. The fourth-order valence-electron chi connectivity index (χ4n) is 2.16. The molecule has 1 unspecified atom stereocenters. The molecule has 1 atom stereocenters. The van der Waals surface area contributed by atoms with Crippen molar-refractivity contribution in [3.05, 3.63) is 35.8 Å². The standard InChI is InChI=1S/C14H17FN2O3/c1-17(7-9(18)8-20-2)14(19)10-6-16-12-5-3-4-11(15)13(10)12/h3-6,9,16,18H,7-8H2,1-2H3. The van der Waals surface area contributed by atoms with E-state index in [0.717, 1.165) is 0 Å². The Bertz CT molecular complexity index is 611. The number of rotatable bonds is 5. The van der Waals surface area contributed by atoms with E-state index in [1.54, 1.807) is 19.2 Å². The second-order valence-corrected chi connectivity index (χ2v) is 4.66. The number of likely N-dealkylation sites (N-methyl/N-ethyl adjacent to an activating group) is 1. The van der Waals surface area contributed by atoms with Crippen LogP contribution in [0.2, 0.25) is 0 Å². The molecule has 0 saturated carbocycles. The molecule has 1 aromatic heterocycles. The van der Waals surface area contributed by atoms with E-state index in [2.05, 4.69) is 4.98 Å². The van der Waals surface area contributed by atoms with Crippen LogP contribution in [0.25, 0.3) is 10.9 Å². The van der Waals surface area contributed by atoms with E-state index >= 15 is 0 Å². The minimum atomic E-state index is -0.774. The minimum Gasteiger partial charge on any atom is -0.389 e. The molecule has 6 heteroatoms. The highest BCUT2D eigenvalue weighted by atomic mass is 19.1. The number of carbonyl (C=O) groups is 1. The van der Waals surface area contributed by atoms with Gasteiger partial charge in [0.05, 0.1) is 18.3 Å². The van der Waals surface area contributed by atoms with Gasteiger partial charge in [0.25, 0.3) is 5.91 Å². The Morgan fingerprint density at radius 3 is 3.00 bits per heavy atom. The van der Waals surface area contributed by atoms with Crippen molar-refractivity contribution >= 4 is 16.8 Å². The molecule has 0 saturated heterocycles. The molecule has 1 aromatic carbocycles. The van der Waals surface area contributed by atoms with E-state index in [-0.39, 0.29) is 30.0 Å². The van der Waals surface area contributed by atoms with Gasteiger partial charge in [0, 0.05) is 37.8 Å². The summed E-state index contributed by atoms with van der Waals surface area (Å²) in [5, 5.41) is 9.90. The van der Waals surface area contributed by atoms with Gasteiger partial charge in [-0.1, -0.05) is 6.07 Å². The number of methoxy groups -OCH3 is 1. The molecular weight excluding hydrogens is 263 g/mol. The third kappa shape index (κ3) is 2.81. The number of hydrogen-bond donors (Lipinski definition) is 2. The molecule has 0 bridgehead atoms. The van der Waals surface area contributed by atoms with Crippen LogP contribution < -0.4 is 0 Å². The van der Waals surface area contributed by atoms with Crippen LogP contribution in [0.3, 0.4) is 0 Å². The van der Waals surface area contributed by atoms with Crippen LogP contribution in [0.1, 0.15) is 10.4 Å². The van der Waals surface area contributed by atoms with E-state index < -0.39 is 11.9 Å². The zero-order chi connectivity index (χ0) is 14.7. The molecule has 0 aliphatic rings. The third-order valence-electron chi connectivity index (χ3n) is 3.08. The molecule has 0 aliphatic heterocycles. The molecule has 0 fully saturated rings. The summed E-state index contributed by atoms with van der Waals surface area (Å²) in [6, 6.07) is 4.59. The average molecular weight is 280 g/mol. The number of H-pyrrole nitrogens is 1. The molecule has 2 N–H and O–H groups in total. The van der Waals surface area contributed by atoms with Crippen molar-refractivity contribution < 1.29 is 19.0 Å². The SMILES string of the molecule is COCC(O)CN(C)C(=O)c1c[nH]c2cccc(F)c12. The number of halogens is 1. The number of fused-ring (bicyclic) bond motifs is 1. The van der Waals surface area contributed by atoms with Crippen molar-refractivity contribution in [1.82, 2.24) is 9.88 Å². The summed E-state index contributed by atoms with van der Waals surface area (Å²) < 4.78 is 18.6. The number of aliphatic hydroxyl groups excluding tert-OH is 1. The minimum absolute atomic E-state index is 0.119. The van der Waals surface area contributed by atoms with Gasteiger partial charge in [-0.3, -0.25) is 4.79 Å². The molecule has 5 nitrogen and oxygen atoms in total. The number of ether oxygens (including phenoxy) is 1. The lowest BCUT2D eigenvalue weighted by molar-refractivity contribution is 0.0381. The smallest absolute Gasteiger partial charge is 0.255 e. The van der Waals surface area contributed by atoms with Crippen LogP contribution in [-0.2, 0) is 4.74 Å². The summed E-state index contributed by atoms with van der Waals surface area (Å²) in [6.07, 6.45) is 0.707. The highest BCUT2D eigenvalue weighted by molar-refractivity contribution is 6.06. The van der Waals surface area contributed by atoms with Gasteiger partial charge in [-0.05, 0) is 12.1 Å². The molecule has 108 valence electrons. The molecule has 1 heterocycles. The second-order valence-electron chi connectivity index (χ2n) is 4.66. The molecule has 0 spiro atoms. The Labute approximate surface area is 116 Å². The maximum atomic E-state index is 13.8. The fourth-order valence-corrected chi connectivity index (χ4v) is 2.16. The number of aliphatic hydroxyl groups is 1. The van der Waals surface area contributed by atoms with Crippen molar-refractivity contribution in [2.75, 3.05) is 27.3 Å². The Morgan fingerprint density at radius 1 is 1.55 bits per heavy atom. The van der Waals surface area contributed by atoms with E-state index in [1.807, 2.05) is 0 Å². The maximum absolute atomic E-state index is 13.8. The number of nitrogens with one attached hydrogen (secondary N) is 1. The molecule has 1 amide bonds. The summed E-state index contributed by atoms with van der Waals surface area (Å²) in [4.78, 5) is 16.5. The van der Waals surface area contributed by atoms with Crippen molar-refractivity contribution in [2.24, 2.45) is 0 Å². The lowest BCUT2D eigenvalue weighted by atomic mass is 10.1. The van der Waals surface area contributed by atoms with E-state index in [1.165, 1.54) is 24.3 Å². The van der Waals surface area contributed by atoms with Crippen LogP contribution in [-0.4, -0.2) is 54.3 Å². The number of hydrogen-bond acceptors (Lipinski definition) is 3. The zero-order valence-electron chi connectivity index (χ0n) is 11.4. The van der Waals surface area contributed by atoms with Gasteiger partial charge in [-0.25, -0.2) is 4.39 Å². The largest absolute Gasteiger partial charge is 0.389 e. The van der Waals surface area contributed by atoms with Gasteiger partial charge in [-0.15, -0.1) is 0 Å². The molecule has 2 aromatic rings. The predicted octanol–water partition coefficient (Wildman–Crippen LogP) is 1.39. The lowest BCUT2D eigenvalue weighted by Gasteiger charge is -2.20. The van der Waals surface area contributed by atoms with Crippen molar-refractivity contribution in [3.8, 4) is 0 Å². The number of benzene rings is 1. The van der Waals surface area contributed by atoms with Crippen LogP contribution in [0.5, 0.6) is 0 Å². The summed E-state index contributed by atoms with van der Waals surface area (Å²) in [5.41, 5.74) is 0.824. The number of nitrogens with zero attached hydrogens (tertiary/aromatic N) is 1. The topological polar surface area (TPSA) is 65.6 Å². The van der Waals surface area contributed by atoms with Gasteiger partial charge in [0.15, 0.2) is 0 Å². The van der Waals surface area contributed by atoms with Gasteiger partial charge < -0.3 is 19.7 Å². The first-order chi connectivity index (χ1) is 9.54. The second kappa shape index (κ2) is 6.02. The quantitative estimate of drug-likeness (QED) is 0.869. The third-order valence-corrected chi connectivity index (χ3v) is 3.08. The molecule has 20 heavy (non-hydrogen) atoms. The van der Waals surface area contributed by atoms with Gasteiger partial charge in [0.2, 0.25) is 0 Å². The fraction of sp³-hybridized carbons (Fsp3) is 0.357. The van der Waals surface area contributed by atoms with Crippen molar-refractivity contribution in [3.63, 3.8) is 0 Å². The molecule has 0 aliphatic carbocycles. The predicted molar refractivity (Wildman–Crippen MR) is 73.1 cm³/mol. The summed E-state index contributed by atoms with van der Waals surface area (Å²) >= 11 is 0. The summed E-state index contributed by atoms with van der Waals surface area (Å²) in [7, 11) is 3.03. The summed E-state index contributed by atoms with van der Waals surface area (Å²) in [6.45, 7) is 0.258. The van der Waals surface area contributed by atoms with Crippen molar-refractivity contribution in [2.45, 2.75) is 6.10 Å². The first-order valence-electron chi connectivity index (χ1n) is 6.22. The van der Waals surface area contributed by atoms with E-state index in [4.69, 9.17) is 4.74 Å². The highest BCUT2D eigenvalue weighted by Gasteiger charge is 2.20. The number of amides is 1. The molecule has 0 radical (unpaired) electrons. The monoisotopic (exact) mass is 280 g/mol. The van der Waals surface area contributed by atoms with E-state index in [9.17, 15) is 14.3 Å². The maximum Gasteiger partial charge on any atom is 0.255 e. The Hall–Kier alpha value is -1.92. The van der Waals surface area contributed by atoms with E-state index in [0.29, 0.717) is 5.52 Å². The average Bonchev–Trinajstić information content (AvgIpc) is 2.83. The first kappa shape index (κ1) is 14.5. The zero-order valence-corrected chi connectivity index (χ0v) is 11.4. The number of carbonyl (C=O) groups excluding carboxylic acids is 1. The van der Waals surface area contributed by atoms with Gasteiger partial charge >= 0.3 is 0 Å². The van der Waals surface area contributed by atoms with Crippen LogP contribution in [0, 0.1) is 5.82 Å². The van der Waals surface area contributed by atoms with Gasteiger partial charge in [0.1, 0.15) is 5.82 Å². The highest BCUT2D eigenvalue weighted by Crippen LogP contribution is 2.22. The Kier molecular flexibility index (Phi) is 4.36. The van der Waals surface area contributed by atoms with Crippen LogP contribution in [0.15, 0.2) is 24.4 Å². The molecule has 2 rings (SSSR count). The van der Waals surface area contributed by atoms with Crippen LogP contribution in [0.4, 0.5) is 4.39 Å². The van der Waals surface area contributed by atoms with Crippen molar-refractivity contribution in [1.29, 1.82) is 0 Å².